The number of amides is 3. The molecule has 1 saturated heterocycles. The third-order valence-electron chi connectivity index (χ3n) is 8.28. The molecule has 3 N–H and O–H groups in total. The van der Waals surface area contributed by atoms with E-state index in [-0.39, 0.29) is 23.3 Å². The van der Waals surface area contributed by atoms with Gasteiger partial charge in [-0.15, -0.1) is 0 Å². The van der Waals surface area contributed by atoms with Crippen molar-refractivity contribution in [3.8, 4) is 0 Å². The van der Waals surface area contributed by atoms with E-state index in [1.807, 2.05) is 24.3 Å². The van der Waals surface area contributed by atoms with E-state index in [9.17, 15) is 27.6 Å². The van der Waals surface area contributed by atoms with Crippen LogP contribution in [0.15, 0.2) is 92.0 Å². The molecule has 244 valence electrons. The largest absolute Gasteiger partial charge is 0.372 e. The Hall–Kier alpha value is -3.76. The van der Waals surface area contributed by atoms with Gasteiger partial charge in [0.25, 0.3) is 0 Å². The van der Waals surface area contributed by atoms with E-state index in [1.54, 1.807) is 24.3 Å². The number of primary sulfonamides is 1. The minimum absolute atomic E-state index is 0.103. The molecule has 0 aliphatic carbocycles. The van der Waals surface area contributed by atoms with Gasteiger partial charge in [-0.1, -0.05) is 51.2 Å². The molecule has 4 aromatic rings. The second-order valence-corrected chi connectivity index (χ2v) is 15.6. The molecule has 6 rings (SSSR count). The van der Waals surface area contributed by atoms with E-state index in [1.165, 1.54) is 33.7 Å². The average molecular weight is 757 g/mol. The molecule has 0 saturated carbocycles. The van der Waals surface area contributed by atoms with E-state index in [4.69, 9.17) is 5.14 Å². The number of nitrogens with one attached hydrogen (secondary N) is 1. The monoisotopic (exact) mass is 755 g/mol. The number of halogens is 1. The molecule has 2 aliphatic heterocycles. The molecule has 15 heteroatoms. The lowest BCUT2D eigenvalue weighted by Crippen LogP contribution is -2.33. The van der Waals surface area contributed by atoms with Gasteiger partial charge >= 0.3 is 4.87 Å². The highest BCUT2D eigenvalue weighted by atomic mass is 79.9. The summed E-state index contributed by atoms with van der Waals surface area (Å²) >= 11 is 5.51. The summed E-state index contributed by atoms with van der Waals surface area (Å²) in [5, 5.41) is 7.50. The summed E-state index contributed by atoms with van der Waals surface area (Å²) in [7, 11) is -3.90. The third kappa shape index (κ3) is 6.29. The Morgan fingerprint density at radius 1 is 0.936 bits per heavy atom. The second-order valence-electron chi connectivity index (χ2n) is 11.0. The highest BCUT2D eigenvalue weighted by Gasteiger charge is 2.56. The van der Waals surface area contributed by atoms with Crippen LogP contribution in [0.2, 0.25) is 0 Å². The molecule has 11 nitrogen and oxygen atoms in total. The van der Waals surface area contributed by atoms with Crippen molar-refractivity contribution in [2.75, 3.05) is 28.2 Å². The molecule has 0 unspecified atom stereocenters. The molecule has 0 radical (unpaired) electrons. The number of sulfonamides is 1. The topological polar surface area (TPSA) is 152 Å². The van der Waals surface area contributed by atoms with Crippen LogP contribution >= 0.6 is 39.0 Å². The van der Waals surface area contributed by atoms with Gasteiger partial charge in [0.05, 0.1) is 21.5 Å². The van der Waals surface area contributed by atoms with Crippen molar-refractivity contribution in [3.63, 3.8) is 0 Å². The van der Waals surface area contributed by atoms with Crippen LogP contribution in [0, 0.1) is 5.92 Å². The van der Waals surface area contributed by atoms with Crippen molar-refractivity contribution in [3.05, 3.63) is 97.4 Å². The number of thioether (sulfide) groups is 1. The van der Waals surface area contributed by atoms with Gasteiger partial charge in [-0.3, -0.25) is 23.7 Å². The summed E-state index contributed by atoms with van der Waals surface area (Å²) in [4.78, 5) is 58.3. The predicted molar refractivity (Wildman–Crippen MR) is 187 cm³/mol. The first-order valence-electron chi connectivity index (χ1n) is 14.7. The van der Waals surface area contributed by atoms with Gasteiger partial charge in [0, 0.05) is 39.7 Å². The quantitative estimate of drug-likeness (QED) is 0.235. The Bertz CT molecular complexity index is 2020. The Kier molecular flexibility index (Phi) is 9.19. The fourth-order valence-electron chi connectivity index (χ4n) is 6.01. The first-order chi connectivity index (χ1) is 22.4. The number of rotatable bonds is 9. The SMILES string of the molecule is CCN(CC)c1ccc([C@@H]2c3sc(=O)n(CC(=O)Nc4ccc(S(N)(=O)=O)cc4)c3S[C@H]3C(=O)N(c4ccc(Br)cc4)C(=O)[C@@H]23)cc1. The smallest absolute Gasteiger partial charge is 0.308 e. The zero-order chi connectivity index (χ0) is 33.6. The second kappa shape index (κ2) is 13.0. The Balaban J connectivity index is 1.38. The minimum Gasteiger partial charge on any atom is -0.372 e. The van der Waals surface area contributed by atoms with Crippen LogP contribution in [0.25, 0.3) is 0 Å². The van der Waals surface area contributed by atoms with E-state index >= 15 is 0 Å². The molecule has 47 heavy (non-hydrogen) atoms. The molecule has 3 atom stereocenters. The maximum atomic E-state index is 14.1. The number of imide groups is 1. The summed E-state index contributed by atoms with van der Waals surface area (Å²) < 4.78 is 25.3. The summed E-state index contributed by atoms with van der Waals surface area (Å²) in [5.74, 6) is -2.60. The molecule has 0 spiro atoms. The van der Waals surface area contributed by atoms with Crippen molar-refractivity contribution in [1.82, 2.24) is 4.57 Å². The number of thiazole rings is 1. The predicted octanol–water partition coefficient (Wildman–Crippen LogP) is 4.60. The van der Waals surface area contributed by atoms with Crippen LogP contribution in [0.4, 0.5) is 17.1 Å². The van der Waals surface area contributed by atoms with Crippen LogP contribution in [0.3, 0.4) is 0 Å². The summed E-state index contributed by atoms with van der Waals surface area (Å²) in [6, 6.07) is 20.2. The number of hydrogen-bond donors (Lipinski definition) is 2. The Morgan fingerprint density at radius 2 is 1.57 bits per heavy atom. The molecule has 0 bridgehead atoms. The van der Waals surface area contributed by atoms with Crippen LogP contribution in [0.5, 0.6) is 0 Å². The zero-order valence-corrected chi connectivity index (χ0v) is 29.3. The zero-order valence-electron chi connectivity index (χ0n) is 25.3. The van der Waals surface area contributed by atoms with Crippen molar-refractivity contribution < 1.29 is 22.8 Å². The number of anilines is 3. The van der Waals surface area contributed by atoms with Gasteiger partial charge in [-0.25, -0.2) is 18.5 Å². The number of nitrogens with zero attached hydrogens (tertiary/aromatic N) is 3. The van der Waals surface area contributed by atoms with Crippen LogP contribution < -0.4 is 25.1 Å². The molecule has 3 aromatic carbocycles. The van der Waals surface area contributed by atoms with E-state index in [0.717, 1.165) is 51.9 Å². The number of nitrogens with two attached hydrogens (primary N) is 1. The number of carbonyl (C=O) groups excluding carboxylic acids is 3. The average Bonchev–Trinajstić information content (AvgIpc) is 3.48. The molecule has 2 aliphatic rings. The fraction of sp³-hybridized carbons (Fsp3) is 0.250. The molecule has 3 amide bonds. The van der Waals surface area contributed by atoms with Crippen LogP contribution in [-0.4, -0.2) is 49.0 Å². The van der Waals surface area contributed by atoms with Crippen molar-refractivity contribution in [2.24, 2.45) is 11.1 Å². The molecule has 1 fully saturated rings. The van der Waals surface area contributed by atoms with Gasteiger partial charge in [-0.05, 0) is 80.1 Å². The molecular weight excluding hydrogens is 726 g/mol. The number of fused-ring (bicyclic) bond motifs is 2. The fourth-order valence-corrected chi connectivity index (χ4v) is 9.57. The van der Waals surface area contributed by atoms with E-state index in [0.29, 0.717) is 21.3 Å². The number of benzene rings is 3. The van der Waals surface area contributed by atoms with Gasteiger partial charge in [0.2, 0.25) is 27.7 Å². The first-order valence-corrected chi connectivity index (χ1v) is 18.8. The molecular formula is C32H30BrN5O6S3. The maximum absolute atomic E-state index is 14.1. The first kappa shape index (κ1) is 33.2. The lowest BCUT2D eigenvalue weighted by molar-refractivity contribution is -0.122. The number of hydrogen-bond acceptors (Lipinski definition) is 9. The lowest BCUT2D eigenvalue weighted by atomic mass is 9.83. The van der Waals surface area contributed by atoms with Crippen LogP contribution in [0.1, 0.15) is 30.2 Å². The Labute approximate surface area is 287 Å². The molecule has 3 heterocycles. The molecule has 1 aromatic heterocycles. The van der Waals surface area contributed by atoms with Crippen molar-refractivity contribution in [1.29, 1.82) is 0 Å². The van der Waals surface area contributed by atoms with Gasteiger partial charge in [0.15, 0.2) is 0 Å². The van der Waals surface area contributed by atoms with E-state index in [2.05, 4.69) is 40.0 Å². The van der Waals surface area contributed by atoms with Gasteiger partial charge in [0.1, 0.15) is 11.8 Å². The van der Waals surface area contributed by atoms with Crippen LogP contribution in [-0.2, 0) is 31.0 Å². The number of aromatic nitrogens is 1. The normalized spacial score (nSPS) is 19.0. The van der Waals surface area contributed by atoms with E-state index < -0.39 is 37.9 Å². The van der Waals surface area contributed by atoms with Gasteiger partial charge in [-0.2, -0.15) is 0 Å². The Morgan fingerprint density at radius 3 is 2.17 bits per heavy atom. The maximum Gasteiger partial charge on any atom is 0.308 e. The summed E-state index contributed by atoms with van der Waals surface area (Å²) in [6.45, 7) is 5.44. The highest BCUT2D eigenvalue weighted by Crippen LogP contribution is 2.54. The lowest BCUT2D eigenvalue weighted by Gasteiger charge is -2.31. The van der Waals surface area contributed by atoms with Crippen molar-refractivity contribution >= 4 is 83.8 Å². The van der Waals surface area contributed by atoms with Gasteiger partial charge < -0.3 is 10.2 Å². The third-order valence-corrected chi connectivity index (χ3v) is 12.3. The minimum atomic E-state index is -3.90. The van der Waals surface area contributed by atoms with Crippen molar-refractivity contribution in [2.45, 2.75) is 41.5 Å². The standard InChI is InChI=1S/C32H30BrN5O6S3/c1-3-36(4-2)21-11-5-18(6-12-21)25-26-27(30(41)38(29(26)40)22-13-7-19(33)8-14-22)45-31-28(25)46-32(42)37(31)17-24(39)35-20-9-15-23(16-10-20)47(34,43)44/h5-16,25-27H,3-4,17H2,1-2H3,(H,35,39)(H2,34,43,44)/t25-,26-,27+/m0/s1. The number of carbonyl (C=O) groups is 3. The summed E-state index contributed by atoms with van der Waals surface area (Å²) in [5.41, 5.74) is 2.59. The highest BCUT2D eigenvalue weighted by molar-refractivity contribution is 9.10. The summed E-state index contributed by atoms with van der Waals surface area (Å²) in [6.07, 6.45) is 0.